The Morgan fingerprint density at radius 1 is 1.10 bits per heavy atom. The molecule has 116 valence electrons. The first-order valence-corrected chi connectivity index (χ1v) is 7.62. The third kappa shape index (κ3) is 8.84. The van der Waals surface area contributed by atoms with Gasteiger partial charge >= 0.3 is 5.97 Å². The second kappa shape index (κ2) is 9.97. The zero-order valence-electron chi connectivity index (χ0n) is 12.7. The van der Waals surface area contributed by atoms with Crippen LogP contribution in [-0.2, 0) is 16.0 Å². The second-order valence-corrected chi connectivity index (χ2v) is 5.40. The van der Waals surface area contributed by atoms with Gasteiger partial charge in [-0.3, -0.25) is 9.59 Å². The molecule has 0 fully saturated rings. The maximum atomic E-state index is 11.7. The lowest BCUT2D eigenvalue weighted by Crippen LogP contribution is -2.24. The smallest absolute Gasteiger partial charge is 0.303 e. The van der Waals surface area contributed by atoms with Crippen LogP contribution in [0.25, 0.3) is 0 Å². The molecule has 1 rings (SSSR count). The second-order valence-electron chi connectivity index (χ2n) is 5.40. The van der Waals surface area contributed by atoms with Crippen LogP contribution in [0.5, 0.6) is 0 Å². The molecule has 0 atom stereocenters. The largest absolute Gasteiger partial charge is 0.481 e. The predicted molar refractivity (Wildman–Crippen MR) is 83.2 cm³/mol. The number of carbonyl (C=O) groups is 2. The van der Waals surface area contributed by atoms with E-state index < -0.39 is 5.97 Å². The molecule has 0 radical (unpaired) electrons. The summed E-state index contributed by atoms with van der Waals surface area (Å²) in [5.74, 6) is -0.651. The summed E-state index contributed by atoms with van der Waals surface area (Å²) in [6.07, 6.45) is 5.03. The Kier molecular flexibility index (Phi) is 8.17. The Hall–Kier alpha value is -1.84. The Labute approximate surface area is 126 Å². The van der Waals surface area contributed by atoms with Gasteiger partial charge in [0, 0.05) is 19.4 Å². The van der Waals surface area contributed by atoms with Gasteiger partial charge in [0.25, 0.3) is 0 Å². The van der Waals surface area contributed by atoms with E-state index in [2.05, 4.69) is 11.4 Å². The highest BCUT2D eigenvalue weighted by molar-refractivity contribution is 5.76. The van der Waals surface area contributed by atoms with E-state index >= 15 is 0 Å². The molecule has 0 aliphatic rings. The molecule has 1 amide bonds. The lowest BCUT2D eigenvalue weighted by molar-refractivity contribution is -0.137. The summed E-state index contributed by atoms with van der Waals surface area (Å²) >= 11 is 0. The Balaban J connectivity index is 2.03. The monoisotopic (exact) mass is 291 g/mol. The van der Waals surface area contributed by atoms with Crippen molar-refractivity contribution in [3.63, 3.8) is 0 Å². The average Bonchev–Trinajstić information content (AvgIpc) is 2.44. The zero-order chi connectivity index (χ0) is 15.5. The number of aryl methyl sites for hydroxylation is 2. The summed E-state index contributed by atoms with van der Waals surface area (Å²) in [5, 5.41) is 11.4. The van der Waals surface area contributed by atoms with Gasteiger partial charge in [0.1, 0.15) is 0 Å². The summed E-state index contributed by atoms with van der Waals surface area (Å²) < 4.78 is 0. The van der Waals surface area contributed by atoms with E-state index in [1.807, 2.05) is 25.1 Å². The minimum absolute atomic E-state index is 0.0852. The fourth-order valence-corrected chi connectivity index (χ4v) is 2.20. The van der Waals surface area contributed by atoms with Crippen LogP contribution < -0.4 is 5.32 Å². The molecular weight excluding hydrogens is 266 g/mol. The van der Waals surface area contributed by atoms with Crippen LogP contribution in [0.1, 0.15) is 49.7 Å². The number of hydrogen-bond acceptors (Lipinski definition) is 2. The van der Waals surface area contributed by atoms with E-state index in [4.69, 9.17) is 5.11 Å². The summed E-state index contributed by atoms with van der Waals surface area (Å²) in [7, 11) is 0. The SMILES string of the molecule is Cc1cccc(CCC(=O)NCCCCCCC(=O)O)c1. The van der Waals surface area contributed by atoms with Gasteiger partial charge in [-0.2, -0.15) is 0 Å². The van der Waals surface area contributed by atoms with Crippen LogP contribution in [0.3, 0.4) is 0 Å². The lowest BCUT2D eigenvalue weighted by Gasteiger charge is -2.06. The van der Waals surface area contributed by atoms with Crippen LogP contribution >= 0.6 is 0 Å². The minimum Gasteiger partial charge on any atom is -0.481 e. The van der Waals surface area contributed by atoms with Crippen molar-refractivity contribution in [1.82, 2.24) is 5.32 Å². The van der Waals surface area contributed by atoms with Gasteiger partial charge in [-0.05, 0) is 31.7 Å². The highest BCUT2D eigenvalue weighted by Crippen LogP contribution is 2.06. The molecule has 0 spiro atoms. The fourth-order valence-electron chi connectivity index (χ4n) is 2.20. The normalized spacial score (nSPS) is 10.3. The van der Waals surface area contributed by atoms with Gasteiger partial charge in [0.15, 0.2) is 0 Å². The third-order valence-corrected chi connectivity index (χ3v) is 3.36. The summed E-state index contributed by atoms with van der Waals surface area (Å²) in [4.78, 5) is 22.0. The fraction of sp³-hybridized carbons (Fsp3) is 0.529. The van der Waals surface area contributed by atoms with E-state index in [0.29, 0.717) is 13.0 Å². The molecule has 4 nitrogen and oxygen atoms in total. The summed E-state index contributed by atoms with van der Waals surface area (Å²) in [6.45, 7) is 2.73. The maximum absolute atomic E-state index is 11.7. The molecule has 4 heteroatoms. The van der Waals surface area contributed by atoms with Crippen molar-refractivity contribution in [2.75, 3.05) is 6.54 Å². The van der Waals surface area contributed by atoms with Crippen LogP contribution in [0, 0.1) is 6.92 Å². The summed E-state index contributed by atoms with van der Waals surface area (Å²) in [6, 6.07) is 8.21. The number of hydrogen-bond donors (Lipinski definition) is 2. The van der Waals surface area contributed by atoms with Gasteiger partial charge in [0.2, 0.25) is 5.91 Å². The van der Waals surface area contributed by atoms with Crippen molar-refractivity contribution in [2.24, 2.45) is 0 Å². The Morgan fingerprint density at radius 2 is 1.86 bits per heavy atom. The van der Waals surface area contributed by atoms with Crippen molar-refractivity contribution in [2.45, 2.75) is 51.9 Å². The molecule has 0 aliphatic heterocycles. The molecule has 1 aromatic carbocycles. The van der Waals surface area contributed by atoms with E-state index in [1.165, 1.54) is 11.1 Å². The number of aliphatic carboxylic acids is 1. The van der Waals surface area contributed by atoms with Crippen molar-refractivity contribution in [1.29, 1.82) is 0 Å². The van der Waals surface area contributed by atoms with Crippen molar-refractivity contribution < 1.29 is 14.7 Å². The minimum atomic E-state index is -0.737. The summed E-state index contributed by atoms with van der Waals surface area (Å²) in [5.41, 5.74) is 2.41. The van der Waals surface area contributed by atoms with Crippen LogP contribution in [0.15, 0.2) is 24.3 Å². The van der Waals surface area contributed by atoms with Crippen LogP contribution in [0.4, 0.5) is 0 Å². The highest BCUT2D eigenvalue weighted by Gasteiger charge is 2.02. The quantitative estimate of drug-likeness (QED) is 0.651. The van der Waals surface area contributed by atoms with E-state index in [-0.39, 0.29) is 12.3 Å². The number of unbranched alkanes of at least 4 members (excludes halogenated alkanes) is 3. The number of amides is 1. The van der Waals surface area contributed by atoms with E-state index in [9.17, 15) is 9.59 Å². The first-order valence-electron chi connectivity index (χ1n) is 7.62. The van der Waals surface area contributed by atoms with E-state index in [1.54, 1.807) is 0 Å². The average molecular weight is 291 g/mol. The topological polar surface area (TPSA) is 66.4 Å². The molecule has 0 heterocycles. The first-order chi connectivity index (χ1) is 10.1. The molecule has 21 heavy (non-hydrogen) atoms. The van der Waals surface area contributed by atoms with Gasteiger partial charge < -0.3 is 10.4 Å². The number of carboxylic acids is 1. The Morgan fingerprint density at radius 3 is 2.57 bits per heavy atom. The van der Waals surface area contributed by atoms with E-state index in [0.717, 1.165) is 32.1 Å². The predicted octanol–water partition coefficient (Wildman–Crippen LogP) is 3.08. The molecule has 0 saturated carbocycles. The molecule has 0 saturated heterocycles. The zero-order valence-corrected chi connectivity index (χ0v) is 12.7. The number of carbonyl (C=O) groups excluding carboxylic acids is 1. The molecule has 0 unspecified atom stereocenters. The van der Waals surface area contributed by atoms with Gasteiger partial charge in [-0.25, -0.2) is 0 Å². The molecule has 1 aromatic rings. The molecule has 0 aromatic heterocycles. The van der Waals surface area contributed by atoms with Crippen molar-refractivity contribution >= 4 is 11.9 Å². The number of rotatable bonds is 10. The van der Waals surface area contributed by atoms with Crippen molar-refractivity contribution in [3.8, 4) is 0 Å². The molecule has 0 bridgehead atoms. The maximum Gasteiger partial charge on any atom is 0.303 e. The van der Waals surface area contributed by atoms with Crippen LogP contribution in [-0.4, -0.2) is 23.5 Å². The number of carboxylic acid groups (broad SMARTS) is 1. The van der Waals surface area contributed by atoms with Gasteiger partial charge in [-0.15, -0.1) is 0 Å². The van der Waals surface area contributed by atoms with Gasteiger partial charge in [-0.1, -0.05) is 42.7 Å². The van der Waals surface area contributed by atoms with Crippen LogP contribution in [0.2, 0.25) is 0 Å². The third-order valence-electron chi connectivity index (χ3n) is 3.36. The Bertz CT molecular complexity index is 457. The number of benzene rings is 1. The first kappa shape index (κ1) is 17.2. The van der Waals surface area contributed by atoms with Gasteiger partial charge in [0.05, 0.1) is 0 Å². The lowest BCUT2D eigenvalue weighted by atomic mass is 10.1. The highest BCUT2D eigenvalue weighted by atomic mass is 16.4. The molecule has 0 aliphatic carbocycles. The molecule has 2 N–H and O–H groups in total. The standard InChI is InChI=1S/C17H25NO3/c1-14-7-6-8-15(13-14)10-11-16(19)18-12-5-3-2-4-9-17(20)21/h6-8,13H,2-5,9-12H2,1H3,(H,18,19)(H,20,21). The van der Waals surface area contributed by atoms with Crippen molar-refractivity contribution in [3.05, 3.63) is 35.4 Å². The number of nitrogens with one attached hydrogen (secondary N) is 1. The molecular formula is C17H25NO3.